The highest BCUT2D eigenvalue weighted by atomic mass is 19.4. The Bertz CT molecular complexity index is 295. The lowest BCUT2D eigenvalue weighted by molar-refractivity contribution is -0.333. The van der Waals surface area contributed by atoms with E-state index >= 15 is 0 Å². The Morgan fingerprint density at radius 2 is 1.50 bits per heavy atom. The summed E-state index contributed by atoms with van der Waals surface area (Å²) in [6.07, 6.45) is -5.08. The molecule has 0 bridgehead atoms. The minimum atomic E-state index is -5.08. The van der Waals surface area contributed by atoms with Crippen LogP contribution < -0.4 is 0 Å². The quantitative estimate of drug-likeness (QED) is 0.679. The summed E-state index contributed by atoms with van der Waals surface area (Å²) in [6.45, 7) is 0. The van der Waals surface area contributed by atoms with E-state index in [1.807, 2.05) is 0 Å². The maximum atomic E-state index is 13.4. The molecule has 14 heavy (non-hydrogen) atoms. The molecule has 0 spiro atoms. The number of methoxy groups -OCH3 is 1. The Hall–Kier alpha value is -1.10. The van der Waals surface area contributed by atoms with Gasteiger partial charge in [0.05, 0.1) is 0 Å². The summed E-state index contributed by atoms with van der Waals surface area (Å²) in [5.41, 5.74) is -0.560. The van der Waals surface area contributed by atoms with E-state index in [9.17, 15) is 17.6 Å². The lowest BCUT2D eigenvalue weighted by Crippen LogP contribution is -2.39. The molecular weight excluding hydrogens is 200 g/mol. The Labute approximate surface area is 78.3 Å². The molecule has 0 heterocycles. The highest BCUT2D eigenvalue weighted by Crippen LogP contribution is 2.42. The monoisotopic (exact) mass is 208 g/mol. The average Bonchev–Trinajstić information content (AvgIpc) is 2.16. The van der Waals surface area contributed by atoms with Gasteiger partial charge in [0.2, 0.25) is 0 Å². The van der Waals surface area contributed by atoms with Crippen molar-refractivity contribution in [1.29, 1.82) is 0 Å². The number of alkyl halides is 4. The van der Waals surface area contributed by atoms with E-state index in [1.54, 1.807) is 0 Å². The first kappa shape index (κ1) is 11.0. The zero-order chi connectivity index (χ0) is 10.8. The highest BCUT2D eigenvalue weighted by Gasteiger charge is 2.58. The van der Waals surface area contributed by atoms with Crippen LogP contribution in [0.1, 0.15) is 5.56 Å². The normalized spacial score (nSPS) is 16.4. The van der Waals surface area contributed by atoms with Gasteiger partial charge in [-0.1, -0.05) is 30.3 Å². The van der Waals surface area contributed by atoms with Crippen molar-refractivity contribution in [3.63, 3.8) is 0 Å². The second kappa shape index (κ2) is 3.57. The van der Waals surface area contributed by atoms with Gasteiger partial charge in [0, 0.05) is 12.7 Å². The molecule has 0 radical (unpaired) electrons. The second-order valence-corrected chi connectivity index (χ2v) is 2.66. The zero-order valence-electron chi connectivity index (χ0n) is 7.31. The van der Waals surface area contributed by atoms with E-state index < -0.39 is 17.6 Å². The molecule has 0 aliphatic carbocycles. The molecule has 1 aromatic carbocycles. The van der Waals surface area contributed by atoms with E-state index in [0.29, 0.717) is 7.11 Å². The molecule has 1 nitrogen and oxygen atoms in total. The second-order valence-electron chi connectivity index (χ2n) is 2.66. The topological polar surface area (TPSA) is 9.23 Å². The molecule has 1 atom stereocenters. The summed E-state index contributed by atoms with van der Waals surface area (Å²) >= 11 is 0. The summed E-state index contributed by atoms with van der Waals surface area (Å²) < 4.78 is 54.2. The maximum Gasteiger partial charge on any atom is 0.453 e. The number of benzene rings is 1. The molecule has 78 valence electrons. The third-order valence-corrected chi connectivity index (χ3v) is 1.79. The van der Waals surface area contributed by atoms with Crippen LogP contribution in [0, 0.1) is 0 Å². The standard InChI is InChI=1S/C9H8F4O/c1-14-8(10,9(11,12)13)7-5-3-2-4-6-7/h2-6H,1H3/t8-/m1/s1. The molecule has 1 rings (SSSR count). The largest absolute Gasteiger partial charge is 0.453 e. The first-order valence-electron chi connectivity index (χ1n) is 3.78. The molecule has 0 saturated heterocycles. The molecule has 0 aliphatic heterocycles. The average molecular weight is 208 g/mol. The predicted molar refractivity (Wildman–Crippen MR) is 42.3 cm³/mol. The number of hydrogen-bond acceptors (Lipinski definition) is 1. The van der Waals surface area contributed by atoms with E-state index in [2.05, 4.69) is 4.74 Å². The summed E-state index contributed by atoms with van der Waals surface area (Å²) in [4.78, 5) is 0. The van der Waals surface area contributed by atoms with Gasteiger partial charge in [0.1, 0.15) is 0 Å². The first-order valence-corrected chi connectivity index (χ1v) is 3.78. The van der Waals surface area contributed by atoms with Crippen LogP contribution in [0.3, 0.4) is 0 Å². The lowest BCUT2D eigenvalue weighted by Gasteiger charge is -2.26. The van der Waals surface area contributed by atoms with Crippen molar-refractivity contribution in [2.45, 2.75) is 12.0 Å². The SMILES string of the molecule is CO[C@](F)(c1ccccc1)C(F)(F)F. The maximum absolute atomic E-state index is 13.4. The third kappa shape index (κ3) is 1.72. The van der Waals surface area contributed by atoms with Gasteiger partial charge < -0.3 is 4.74 Å². The van der Waals surface area contributed by atoms with Gasteiger partial charge in [-0.3, -0.25) is 0 Å². The van der Waals surface area contributed by atoms with Crippen LogP contribution in [0.15, 0.2) is 30.3 Å². The van der Waals surface area contributed by atoms with Crippen molar-refractivity contribution < 1.29 is 22.3 Å². The van der Waals surface area contributed by atoms with Gasteiger partial charge in [-0.25, -0.2) is 0 Å². The molecule has 0 unspecified atom stereocenters. The highest BCUT2D eigenvalue weighted by molar-refractivity contribution is 5.21. The molecule has 5 heteroatoms. The van der Waals surface area contributed by atoms with Crippen LogP contribution in [0.25, 0.3) is 0 Å². The number of hydrogen-bond donors (Lipinski definition) is 0. The van der Waals surface area contributed by atoms with E-state index in [1.165, 1.54) is 18.2 Å². The van der Waals surface area contributed by atoms with Crippen molar-refractivity contribution in [1.82, 2.24) is 0 Å². The molecule has 1 aromatic rings. The van der Waals surface area contributed by atoms with Crippen molar-refractivity contribution >= 4 is 0 Å². The zero-order valence-corrected chi connectivity index (χ0v) is 7.31. The van der Waals surface area contributed by atoms with Gasteiger partial charge >= 0.3 is 12.0 Å². The lowest BCUT2D eigenvalue weighted by atomic mass is 10.1. The fourth-order valence-electron chi connectivity index (χ4n) is 1.05. The van der Waals surface area contributed by atoms with Crippen LogP contribution in [0.5, 0.6) is 0 Å². The smallest absolute Gasteiger partial charge is 0.339 e. The predicted octanol–water partition coefficient (Wildman–Crippen LogP) is 3.02. The fourth-order valence-corrected chi connectivity index (χ4v) is 1.05. The van der Waals surface area contributed by atoms with Crippen molar-refractivity contribution in [2.75, 3.05) is 7.11 Å². The molecule has 0 saturated carbocycles. The van der Waals surface area contributed by atoms with E-state index in [4.69, 9.17) is 0 Å². The minimum absolute atomic E-state index is 0.560. The van der Waals surface area contributed by atoms with Crippen LogP contribution in [-0.2, 0) is 10.6 Å². The van der Waals surface area contributed by atoms with Crippen LogP contribution in [-0.4, -0.2) is 13.3 Å². The van der Waals surface area contributed by atoms with Crippen LogP contribution in [0.2, 0.25) is 0 Å². The summed E-state index contributed by atoms with van der Waals surface area (Å²) in [5, 5.41) is 0. The Balaban J connectivity index is 3.15. The first-order chi connectivity index (χ1) is 6.42. The van der Waals surface area contributed by atoms with E-state index in [0.717, 1.165) is 12.1 Å². The van der Waals surface area contributed by atoms with Crippen LogP contribution in [0.4, 0.5) is 17.6 Å². The van der Waals surface area contributed by atoms with Gasteiger partial charge in [-0.15, -0.1) is 0 Å². The molecule has 0 amide bonds. The van der Waals surface area contributed by atoms with Crippen molar-refractivity contribution in [2.24, 2.45) is 0 Å². The molecule has 0 aliphatic rings. The number of ether oxygens (including phenoxy) is 1. The Morgan fingerprint density at radius 3 is 1.86 bits per heavy atom. The minimum Gasteiger partial charge on any atom is -0.339 e. The molecular formula is C9H8F4O. The van der Waals surface area contributed by atoms with Crippen molar-refractivity contribution in [3.8, 4) is 0 Å². The van der Waals surface area contributed by atoms with Gasteiger partial charge in [0.25, 0.3) is 0 Å². The van der Waals surface area contributed by atoms with Gasteiger partial charge in [-0.05, 0) is 0 Å². The van der Waals surface area contributed by atoms with Crippen molar-refractivity contribution in [3.05, 3.63) is 35.9 Å². The molecule has 0 aromatic heterocycles. The fraction of sp³-hybridized carbons (Fsp3) is 0.333. The Morgan fingerprint density at radius 1 is 1.00 bits per heavy atom. The van der Waals surface area contributed by atoms with Crippen LogP contribution >= 0.6 is 0 Å². The Kier molecular flexibility index (Phi) is 2.80. The third-order valence-electron chi connectivity index (χ3n) is 1.79. The molecule has 0 fully saturated rings. The summed E-state index contributed by atoms with van der Waals surface area (Å²) in [5.74, 6) is -3.73. The summed E-state index contributed by atoms with van der Waals surface area (Å²) in [6, 6.07) is 6.17. The number of rotatable bonds is 2. The van der Waals surface area contributed by atoms with Gasteiger partial charge in [-0.2, -0.15) is 17.6 Å². The summed E-state index contributed by atoms with van der Waals surface area (Å²) in [7, 11) is 0.681. The van der Waals surface area contributed by atoms with E-state index in [-0.39, 0.29) is 0 Å². The molecule has 0 N–H and O–H groups in total. The number of halogens is 4. The van der Waals surface area contributed by atoms with Gasteiger partial charge in [0.15, 0.2) is 0 Å².